The van der Waals surface area contributed by atoms with E-state index in [-0.39, 0.29) is 11.8 Å². The number of rotatable bonds is 7. The highest BCUT2D eigenvalue weighted by molar-refractivity contribution is 5.78. The van der Waals surface area contributed by atoms with E-state index in [4.69, 9.17) is 0 Å². The number of aromatic nitrogens is 3. The Balaban J connectivity index is 1.78. The topological polar surface area (TPSA) is 92.2 Å². The van der Waals surface area contributed by atoms with Crippen molar-refractivity contribution >= 4 is 11.8 Å². The highest BCUT2D eigenvalue weighted by Crippen LogP contribution is 2.18. The van der Waals surface area contributed by atoms with Gasteiger partial charge in [0, 0.05) is 26.1 Å². The van der Waals surface area contributed by atoms with Crippen molar-refractivity contribution in [3.05, 3.63) is 11.6 Å². The van der Waals surface area contributed by atoms with Crippen molar-refractivity contribution < 1.29 is 9.59 Å². The summed E-state index contributed by atoms with van der Waals surface area (Å²) in [7, 11) is 0. The van der Waals surface area contributed by atoms with Gasteiger partial charge in [0.05, 0.1) is 13.1 Å². The maximum atomic E-state index is 12.0. The summed E-state index contributed by atoms with van der Waals surface area (Å²) in [5.74, 6) is 1.60. The average molecular weight is 322 g/mol. The van der Waals surface area contributed by atoms with Gasteiger partial charge in [-0.1, -0.05) is 0 Å². The molecule has 1 aliphatic rings. The zero-order chi connectivity index (χ0) is 16.8. The first-order valence-corrected chi connectivity index (χ1v) is 8.09. The number of aryl methyl sites for hydroxylation is 2. The SMILES string of the molecule is CC(=O)NCCNC(=O)CN1CCC[C@@H]1Cn1nc(C)nc1C. The monoisotopic (exact) mass is 322 g/mol. The van der Waals surface area contributed by atoms with E-state index in [1.165, 1.54) is 6.92 Å². The third-order valence-corrected chi connectivity index (χ3v) is 4.01. The molecule has 2 rings (SSSR count). The Hall–Kier alpha value is -1.96. The molecule has 1 aliphatic heterocycles. The molecular formula is C15H26N6O2. The van der Waals surface area contributed by atoms with E-state index in [2.05, 4.69) is 25.6 Å². The van der Waals surface area contributed by atoms with Gasteiger partial charge in [-0.15, -0.1) is 0 Å². The van der Waals surface area contributed by atoms with Crippen molar-refractivity contribution in [2.75, 3.05) is 26.2 Å². The van der Waals surface area contributed by atoms with Crippen LogP contribution < -0.4 is 10.6 Å². The Labute approximate surface area is 136 Å². The first-order chi connectivity index (χ1) is 11.0. The Morgan fingerprint density at radius 1 is 1.26 bits per heavy atom. The minimum Gasteiger partial charge on any atom is -0.355 e. The summed E-state index contributed by atoms with van der Waals surface area (Å²) in [6, 6.07) is 0.316. The molecule has 1 fully saturated rings. The molecule has 1 atom stereocenters. The highest BCUT2D eigenvalue weighted by Gasteiger charge is 2.27. The van der Waals surface area contributed by atoms with E-state index in [9.17, 15) is 9.59 Å². The molecule has 8 heteroatoms. The lowest BCUT2D eigenvalue weighted by molar-refractivity contribution is -0.123. The van der Waals surface area contributed by atoms with Crippen LogP contribution >= 0.6 is 0 Å². The van der Waals surface area contributed by atoms with Crippen molar-refractivity contribution in [1.82, 2.24) is 30.3 Å². The van der Waals surface area contributed by atoms with Gasteiger partial charge < -0.3 is 10.6 Å². The zero-order valence-corrected chi connectivity index (χ0v) is 14.1. The van der Waals surface area contributed by atoms with Crippen LogP contribution in [0.3, 0.4) is 0 Å². The standard InChI is InChI=1S/C15H26N6O2/c1-11-18-12(2)21(19-11)9-14-5-4-8-20(14)10-15(23)17-7-6-16-13(3)22/h14H,4-10H2,1-3H3,(H,16,22)(H,17,23)/t14-/m1/s1. The molecule has 128 valence electrons. The van der Waals surface area contributed by atoms with Gasteiger partial charge in [0.2, 0.25) is 11.8 Å². The minimum atomic E-state index is -0.0858. The fourth-order valence-electron chi connectivity index (χ4n) is 2.92. The lowest BCUT2D eigenvalue weighted by Crippen LogP contribution is -2.43. The van der Waals surface area contributed by atoms with Crippen LogP contribution in [0.15, 0.2) is 0 Å². The summed E-state index contributed by atoms with van der Waals surface area (Å²) in [4.78, 5) is 29.3. The second-order valence-corrected chi connectivity index (χ2v) is 5.99. The maximum absolute atomic E-state index is 12.0. The van der Waals surface area contributed by atoms with Crippen molar-refractivity contribution in [2.45, 2.75) is 46.2 Å². The molecule has 0 spiro atoms. The molecule has 0 saturated carbocycles. The Kier molecular flexibility index (Phi) is 6.09. The molecule has 2 heterocycles. The summed E-state index contributed by atoms with van der Waals surface area (Å²) in [6.07, 6.45) is 2.16. The number of nitrogens with zero attached hydrogens (tertiary/aromatic N) is 4. The molecule has 1 aromatic heterocycles. The number of nitrogens with one attached hydrogen (secondary N) is 2. The van der Waals surface area contributed by atoms with Gasteiger partial charge in [0.15, 0.2) is 0 Å². The van der Waals surface area contributed by atoms with E-state index in [0.29, 0.717) is 25.7 Å². The quantitative estimate of drug-likeness (QED) is 0.667. The predicted molar refractivity (Wildman–Crippen MR) is 85.8 cm³/mol. The number of carbonyl (C=O) groups excluding carboxylic acids is 2. The molecule has 0 bridgehead atoms. The maximum Gasteiger partial charge on any atom is 0.234 e. The van der Waals surface area contributed by atoms with Crippen LogP contribution in [-0.2, 0) is 16.1 Å². The Morgan fingerprint density at radius 3 is 2.65 bits per heavy atom. The van der Waals surface area contributed by atoms with Crippen LogP contribution in [-0.4, -0.2) is 63.7 Å². The third kappa shape index (κ3) is 5.31. The lowest BCUT2D eigenvalue weighted by Gasteiger charge is -2.24. The van der Waals surface area contributed by atoms with Crippen LogP contribution in [0.5, 0.6) is 0 Å². The third-order valence-electron chi connectivity index (χ3n) is 4.01. The number of amides is 2. The Bertz CT molecular complexity index is 556. The fraction of sp³-hybridized carbons (Fsp3) is 0.733. The minimum absolute atomic E-state index is 0.00579. The fourth-order valence-corrected chi connectivity index (χ4v) is 2.92. The van der Waals surface area contributed by atoms with Crippen molar-refractivity contribution in [3.8, 4) is 0 Å². The largest absolute Gasteiger partial charge is 0.355 e. The molecule has 2 amide bonds. The molecule has 0 unspecified atom stereocenters. The first kappa shape index (κ1) is 17.4. The molecule has 0 aliphatic carbocycles. The average Bonchev–Trinajstić information content (AvgIpc) is 3.02. The summed E-state index contributed by atoms with van der Waals surface area (Å²) < 4.78 is 1.92. The van der Waals surface area contributed by atoms with Crippen LogP contribution in [0.25, 0.3) is 0 Å². The Morgan fingerprint density at radius 2 is 2.00 bits per heavy atom. The number of hydrogen-bond acceptors (Lipinski definition) is 5. The van der Waals surface area contributed by atoms with E-state index in [0.717, 1.165) is 37.6 Å². The van der Waals surface area contributed by atoms with Gasteiger partial charge in [-0.2, -0.15) is 5.10 Å². The van der Waals surface area contributed by atoms with Crippen LogP contribution in [0.4, 0.5) is 0 Å². The molecule has 1 saturated heterocycles. The molecule has 23 heavy (non-hydrogen) atoms. The molecular weight excluding hydrogens is 296 g/mol. The van der Waals surface area contributed by atoms with E-state index >= 15 is 0 Å². The van der Waals surface area contributed by atoms with Gasteiger partial charge in [-0.3, -0.25) is 14.5 Å². The molecule has 8 nitrogen and oxygen atoms in total. The van der Waals surface area contributed by atoms with Crippen LogP contribution in [0, 0.1) is 13.8 Å². The van der Waals surface area contributed by atoms with Gasteiger partial charge in [0.1, 0.15) is 11.6 Å². The first-order valence-electron chi connectivity index (χ1n) is 8.09. The highest BCUT2D eigenvalue weighted by atomic mass is 16.2. The van der Waals surface area contributed by atoms with Gasteiger partial charge in [-0.05, 0) is 33.2 Å². The smallest absolute Gasteiger partial charge is 0.234 e. The summed E-state index contributed by atoms with van der Waals surface area (Å²) >= 11 is 0. The molecule has 0 aromatic carbocycles. The number of carbonyl (C=O) groups is 2. The van der Waals surface area contributed by atoms with Crippen molar-refractivity contribution in [2.24, 2.45) is 0 Å². The van der Waals surface area contributed by atoms with Crippen LogP contribution in [0.1, 0.15) is 31.4 Å². The number of hydrogen-bond donors (Lipinski definition) is 2. The molecule has 2 N–H and O–H groups in total. The second-order valence-electron chi connectivity index (χ2n) is 5.99. The molecule has 1 aromatic rings. The van der Waals surface area contributed by atoms with Crippen LogP contribution in [0.2, 0.25) is 0 Å². The summed E-state index contributed by atoms with van der Waals surface area (Å²) in [5, 5.41) is 9.90. The van der Waals surface area contributed by atoms with E-state index in [1.807, 2.05) is 18.5 Å². The van der Waals surface area contributed by atoms with E-state index < -0.39 is 0 Å². The van der Waals surface area contributed by atoms with Gasteiger partial charge in [0.25, 0.3) is 0 Å². The summed E-state index contributed by atoms with van der Waals surface area (Å²) in [6.45, 7) is 8.30. The van der Waals surface area contributed by atoms with Crippen molar-refractivity contribution in [3.63, 3.8) is 0 Å². The van der Waals surface area contributed by atoms with Gasteiger partial charge in [-0.25, -0.2) is 9.67 Å². The van der Waals surface area contributed by atoms with E-state index in [1.54, 1.807) is 0 Å². The normalized spacial score (nSPS) is 18.1. The summed E-state index contributed by atoms with van der Waals surface area (Å²) in [5.41, 5.74) is 0. The lowest BCUT2D eigenvalue weighted by atomic mass is 10.2. The second kappa shape index (κ2) is 8.05. The predicted octanol–water partition coefficient (Wildman–Crippen LogP) is -0.388. The molecule has 0 radical (unpaired) electrons. The van der Waals surface area contributed by atoms with Crippen molar-refractivity contribution in [1.29, 1.82) is 0 Å². The van der Waals surface area contributed by atoms with Gasteiger partial charge >= 0.3 is 0 Å². The zero-order valence-electron chi connectivity index (χ0n) is 14.1. The number of likely N-dealkylation sites (tertiary alicyclic amines) is 1.